The Morgan fingerprint density at radius 1 is 1.22 bits per heavy atom. The summed E-state index contributed by atoms with van der Waals surface area (Å²) in [6.45, 7) is 2.54. The molecule has 0 aliphatic carbocycles. The molecular weight excluding hydrogens is 346 g/mol. The Kier molecular flexibility index (Phi) is 5.96. The fraction of sp³-hybridized carbons (Fsp3) is 0.333. The minimum atomic E-state index is -0.945. The number of aliphatic carboxylic acids is 1. The molecule has 0 aromatic heterocycles. The summed E-state index contributed by atoms with van der Waals surface area (Å²) in [4.78, 5) is 23.9. The van der Waals surface area contributed by atoms with Crippen molar-refractivity contribution >= 4 is 11.9 Å². The smallest absolute Gasteiger partial charge is 0.308 e. The molecule has 0 saturated carbocycles. The van der Waals surface area contributed by atoms with Crippen molar-refractivity contribution in [3.05, 3.63) is 59.7 Å². The predicted octanol–water partition coefficient (Wildman–Crippen LogP) is 2.45. The molecule has 2 N–H and O–H groups in total. The molecule has 0 radical (unpaired) electrons. The number of nitrogens with one attached hydrogen (secondary N) is 1. The van der Waals surface area contributed by atoms with Gasteiger partial charge in [-0.1, -0.05) is 30.3 Å². The SMILES string of the molecule is CCOc1ccc(CC(CNC(=O)C2Cc3ccccc3O2)C(=O)O)cc1. The van der Waals surface area contributed by atoms with Gasteiger partial charge in [0.1, 0.15) is 11.5 Å². The van der Waals surface area contributed by atoms with E-state index in [1.807, 2.05) is 55.5 Å². The second-order valence-corrected chi connectivity index (χ2v) is 6.48. The lowest BCUT2D eigenvalue weighted by molar-refractivity contribution is -0.141. The van der Waals surface area contributed by atoms with Crippen LogP contribution in [-0.2, 0) is 22.4 Å². The van der Waals surface area contributed by atoms with Crippen LogP contribution in [-0.4, -0.2) is 36.2 Å². The largest absolute Gasteiger partial charge is 0.494 e. The van der Waals surface area contributed by atoms with Crippen molar-refractivity contribution < 1.29 is 24.2 Å². The Morgan fingerprint density at radius 3 is 2.63 bits per heavy atom. The maximum atomic E-state index is 12.4. The van der Waals surface area contributed by atoms with Crippen LogP contribution in [0, 0.1) is 5.92 Å². The molecule has 2 aromatic rings. The Bertz CT molecular complexity index is 777. The number of fused-ring (bicyclic) bond motifs is 1. The number of para-hydroxylation sites is 1. The van der Waals surface area contributed by atoms with Gasteiger partial charge in [-0.15, -0.1) is 0 Å². The Hall–Kier alpha value is -3.02. The van der Waals surface area contributed by atoms with E-state index in [1.165, 1.54) is 0 Å². The van der Waals surface area contributed by atoms with E-state index >= 15 is 0 Å². The zero-order valence-electron chi connectivity index (χ0n) is 15.2. The van der Waals surface area contributed by atoms with E-state index in [1.54, 1.807) is 0 Å². The highest BCUT2D eigenvalue weighted by atomic mass is 16.5. The van der Waals surface area contributed by atoms with Gasteiger partial charge in [0.25, 0.3) is 5.91 Å². The number of carboxylic acid groups (broad SMARTS) is 1. The van der Waals surface area contributed by atoms with Crippen molar-refractivity contribution in [2.24, 2.45) is 5.92 Å². The minimum absolute atomic E-state index is 0.0532. The lowest BCUT2D eigenvalue weighted by Gasteiger charge is -2.16. The van der Waals surface area contributed by atoms with Crippen LogP contribution >= 0.6 is 0 Å². The molecule has 6 nitrogen and oxygen atoms in total. The zero-order valence-corrected chi connectivity index (χ0v) is 15.2. The summed E-state index contributed by atoms with van der Waals surface area (Å²) in [6, 6.07) is 14.8. The third-order valence-electron chi connectivity index (χ3n) is 4.53. The molecule has 142 valence electrons. The fourth-order valence-corrected chi connectivity index (χ4v) is 3.09. The number of amides is 1. The summed E-state index contributed by atoms with van der Waals surface area (Å²) < 4.78 is 11.0. The Labute approximate surface area is 158 Å². The number of hydrogen-bond acceptors (Lipinski definition) is 4. The summed E-state index contributed by atoms with van der Waals surface area (Å²) >= 11 is 0. The fourth-order valence-electron chi connectivity index (χ4n) is 3.09. The van der Waals surface area contributed by atoms with Crippen molar-refractivity contribution in [2.45, 2.75) is 25.9 Å². The second kappa shape index (κ2) is 8.58. The van der Waals surface area contributed by atoms with Gasteiger partial charge in [-0.3, -0.25) is 9.59 Å². The highest BCUT2D eigenvalue weighted by molar-refractivity contribution is 5.83. The van der Waals surface area contributed by atoms with Crippen molar-refractivity contribution in [1.82, 2.24) is 5.32 Å². The van der Waals surface area contributed by atoms with Gasteiger partial charge in [0, 0.05) is 13.0 Å². The molecule has 1 heterocycles. The third kappa shape index (κ3) is 4.78. The highest BCUT2D eigenvalue weighted by Gasteiger charge is 2.29. The van der Waals surface area contributed by atoms with Gasteiger partial charge in [-0.05, 0) is 42.7 Å². The number of carbonyl (C=O) groups excluding carboxylic acids is 1. The average Bonchev–Trinajstić information content (AvgIpc) is 3.10. The van der Waals surface area contributed by atoms with E-state index < -0.39 is 18.0 Å². The summed E-state index contributed by atoms with van der Waals surface area (Å²) in [6.07, 6.45) is 0.217. The van der Waals surface area contributed by atoms with Gasteiger partial charge in [-0.2, -0.15) is 0 Å². The standard InChI is InChI=1S/C21H23NO5/c1-2-26-17-9-7-14(8-10-17)11-16(21(24)25)13-22-20(23)19-12-15-5-3-4-6-18(15)27-19/h3-10,16,19H,2,11-13H2,1H3,(H,22,23)(H,24,25). The minimum Gasteiger partial charge on any atom is -0.494 e. The molecule has 0 bridgehead atoms. The first-order valence-corrected chi connectivity index (χ1v) is 9.03. The monoisotopic (exact) mass is 369 g/mol. The van der Waals surface area contributed by atoms with E-state index in [2.05, 4.69) is 5.32 Å². The normalized spacial score (nSPS) is 16.1. The van der Waals surface area contributed by atoms with Crippen molar-refractivity contribution in [2.75, 3.05) is 13.2 Å². The van der Waals surface area contributed by atoms with Gasteiger partial charge in [-0.25, -0.2) is 0 Å². The van der Waals surface area contributed by atoms with Crippen LogP contribution in [0.2, 0.25) is 0 Å². The third-order valence-corrected chi connectivity index (χ3v) is 4.53. The summed E-state index contributed by atoms with van der Waals surface area (Å²) in [5.41, 5.74) is 1.87. The molecule has 2 aromatic carbocycles. The van der Waals surface area contributed by atoms with E-state index in [0.717, 1.165) is 16.9 Å². The lowest BCUT2D eigenvalue weighted by Crippen LogP contribution is -2.41. The van der Waals surface area contributed by atoms with E-state index in [-0.39, 0.29) is 12.5 Å². The second-order valence-electron chi connectivity index (χ2n) is 6.48. The molecule has 1 amide bonds. The molecule has 0 spiro atoms. The Balaban J connectivity index is 1.54. The van der Waals surface area contributed by atoms with Gasteiger partial charge in [0.05, 0.1) is 12.5 Å². The van der Waals surface area contributed by atoms with Crippen LogP contribution < -0.4 is 14.8 Å². The summed E-state index contributed by atoms with van der Waals surface area (Å²) in [7, 11) is 0. The molecule has 2 atom stereocenters. The number of carboxylic acids is 1. The molecule has 1 aliphatic rings. The molecule has 2 unspecified atom stereocenters. The van der Waals surface area contributed by atoms with Gasteiger partial charge < -0.3 is 19.9 Å². The van der Waals surface area contributed by atoms with Crippen molar-refractivity contribution in [3.8, 4) is 11.5 Å². The first kappa shape index (κ1) is 18.8. The summed E-state index contributed by atoms with van der Waals surface area (Å²) in [5, 5.41) is 12.2. The molecule has 1 aliphatic heterocycles. The molecule has 6 heteroatoms. The van der Waals surface area contributed by atoms with E-state index in [4.69, 9.17) is 9.47 Å². The van der Waals surface area contributed by atoms with E-state index in [9.17, 15) is 14.7 Å². The van der Waals surface area contributed by atoms with Crippen LogP contribution in [0.3, 0.4) is 0 Å². The maximum absolute atomic E-state index is 12.4. The predicted molar refractivity (Wildman–Crippen MR) is 100 cm³/mol. The highest BCUT2D eigenvalue weighted by Crippen LogP contribution is 2.28. The average molecular weight is 369 g/mol. The van der Waals surface area contributed by atoms with Crippen molar-refractivity contribution in [3.63, 3.8) is 0 Å². The molecule has 3 rings (SSSR count). The Morgan fingerprint density at radius 2 is 1.96 bits per heavy atom. The number of rotatable bonds is 8. The van der Waals surface area contributed by atoms with Crippen molar-refractivity contribution in [1.29, 1.82) is 0 Å². The first-order chi connectivity index (χ1) is 13.1. The number of ether oxygens (including phenoxy) is 2. The van der Waals surface area contributed by atoms with Crippen LogP contribution in [0.25, 0.3) is 0 Å². The molecule has 0 fully saturated rings. The number of hydrogen-bond donors (Lipinski definition) is 2. The van der Waals surface area contributed by atoms with Crippen LogP contribution in [0.5, 0.6) is 11.5 Å². The summed E-state index contributed by atoms with van der Waals surface area (Å²) in [5.74, 6) is -0.485. The van der Waals surface area contributed by atoms with Crippen LogP contribution in [0.1, 0.15) is 18.1 Å². The maximum Gasteiger partial charge on any atom is 0.308 e. The molecule has 0 saturated heterocycles. The molecule has 27 heavy (non-hydrogen) atoms. The van der Waals surface area contributed by atoms with Crippen LogP contribution in [0.4, 0.5) is 0 Å². The number of carbonyl (C=O) groups is 2. The van der Waals surface area contributed by atoms with Gasteiger partial charge in [0.15, 0.2) is 6.10 Å². The number of benzene rings is 2. The topological polar surface area (TPSA) is 84.9 Å². The quantitative estimate of drug-likeness (QED) is 0.747. The van der Waals surface area contributed by atoms with Gasteiger partial charge >= 0.3 is 5.97 Å². The zero-order chi connectivity index (χ0) is 19.2. The first-order valence-electron chi connectivity index (χ1n) is 9.03. The van der Waals surface area contributed by atoms with Crippen LogP contribution in [0.15, 0.2) is 48.5 Å². The van der Waals surface area contributed by atoms with E-state index in [0.29, 0.717) is 25.2 Å². The van der Waals surface area contributed by atoms with Gasteiger partial charge in [0.2, 0.25) is 0 Å². The molecular formula is C21H23NO5. The lowest BCUT2D eigenvalue weighted by atomic mass is 9.99.